The molecule has 1 aromatic heterocycles. The van der Waals surface area contributed by atoms with E-state index < -0.39 is 0 Å². The van der Waals surface area contributed by atoms with Crippen LogP contribution in [0.1, 0.15) is 30.4 Å². The SMILES string of the molecule is Cc1noc(C)c1CCCNC(=O)N[C@@H](C)CO. The normalized spacial score (nSPS) is 12.2. The fourth-order valence-electron chi connectivity index (χ4n) is 1.65. The second kappa shape index (κ2) is 7.00. The second-order valence-corrected chi connectivity index (χ2v) is 4.39. The van der Waals surface area contributed by atoms with Gasteiger partial charge in [-0.1, -0.05) is 5.16 Å². The van der Waals surface area contributed by atoms with Crippen LogP contribution in [0, 0.1) is 13.8 Å². The Morgan fingerprint density at radius 2 is 2.22 bits per heavy atom. The number of carbonyl (C=O) groups is 1. The molecule has 3 N–H and O–H groups in total. The van der Waals surface area contributed by atoms with E-state index in [-0.39, 0.29) is 18.7 Å². The molecular formula is C12H21N3O3. The Hall–Kier alpha value is -1.56. The minimum Gasteiger partial charge on any atom is -0.394 e. The number of aliphatic hydroxyl groups excluding tert-OH is 1. The molecule has 6 nitrogen and oxygen atoms in total. The van der Waals surface area contributed by atoms with Gasteiger partial charge >= 0.3 is 6.03 Å². The van der Waals surface area contributed by atoms with Crippen molar-refractivity contribution in [2.75, 3.05) is 13.2 Å². The first-order valence-corrected chi connectivity index (χ1v) is 6.11. The van der Waals surface area contributed by atoms with Crippen molar-refractivity contribution in [3.8, 4) is 0 Å². The number of rotatable bonds is 6. The average Bonchev–Trinajstić information content (AvgIpc) is 2.65. The Kier molecular flexibility index (Phi) is 5.64. The van der Waals surface area contributed by atoms with Crippen molar-refractivity contribution in [2.24, 2.45) is 0 Å². The maximum absolute atomic E-state index is 11.3. The van der Waals surface area contributed by atoms with Gasteiger partial charge in [0.1, 0.15) is 5.76 Å². The summed E-state index contributed by atoms with van der Waals surface area (Å²) in [5.74, 6) is 0.839. The summed E-state index contributed by atoms with van der Waals surface area (Å²) in [6.07, 6.45) is 1.65. The van der Waals surface area contributed by atoms with Crippen LogP contribution in [0.25, 0.3) is 0 Å². The van der Waals surface area contributed by atoms with Gasteiger partial charge in [-0.05, 0) is 33.6 Å². The molecule has 0 saturated heterocycles. The van der Waals surface area contributed by atoms with Crippen LogP contribution in [0.2, 0.25) is 0 Å². The Balaban J connectivity index is 2.21. The molecule has 1 heterocycles. The van der Waals surface area contributed by atoms with Crippen molar-refractivity contribution in [1.82, 2.24) is 15.8 Å². The number of aromatic nitrogens is 1. The lowest BCUT2D eigenvalue weighted by molar-refractivity contribution is 0.220. The van der Waals surface area contributed by atoms with Gasteiger partial charge < -0.3 is 20.3 Å². The van der Waals surface area contributed by atoms with Crippen LogP contribution in [0.4, 0.5) is 4.79 Å². The molecule has 1 rings (SSSR count). The van der Waals surface area contributed by atoms with Crippen LogP contribution >= 0.6 is 0 Å². The minimum absolute atomic E-state index is 0.0630. The molecule has 6 heteroatoms. The number of hydrogen-bond donors (Lipinski definition) is 3. The zero-order valence-electron chi connectivity index (χ0n) is 11.1. The number of amides is 2. The van der Waals surface area contributed by atoms with Crippen LogP contribution in [-0.2, 0) is 6.42 Å². The highest BCUT2D eigenvalue weighted by Crippen LogP contribution is 2.13. The van der Waals surface area contributed by atoms with Crippen molar-refractivity contribution in [1.29, 1.82) is 0 Å². The second-order valence-electron chi connectivity index (χ2n) is 4.39. The smallest absolute Gasteiger partial charge is 0.315 e. The maximum atomic E-state index is 11.3. The predicted octanol–water partition coefficient (Wildman–Crippen LogP) is 0.904. The standard InChI is InChI=1S/C12H21N3O3/c1-8(7-16)14-12(17)13-6-4-5-11-9(2)15-18-10(11)3/h8,16H,4-7H2,1-3H3,(H2,13,14,17)/t8-/m0/s1. The number of urea groups is 1. The van der Waals surface area contributed by atoms with E-state index in [4.69, 9.17) is 9.63 Å². The van der Waals surface area contributed by atoms with Crippen LogP contribution in [-0.4, -0.2) is 35.5 Å². The van der Waals surface area contributed by atoms with E-state index in [1.807, 2.05) is 13.8 Å². The summed E-state index contributed by atoms with van der Waals surface area (Å²) in [4.78, 5) is 11.3. The Morgan fingerprint density at radius 1 is 1.50 bits per heavy atom. The highest BCUT2D eigenvalue weighted by molar-refractivity contribution is 5.74. The molecule has 0 spiro atoms. The van der Waals surface area contributed by atoms with Gasteiger partial charge in [-0.15, -0.1) is 0 Å². The van der Waals surface area contributed by atoms with Gasteiger partial charge in [0.2, 0.25) is 0 Å². The first-order chi connectivity index (χ1) is 8.54. The Morgan fingerprint density at radius 3 is 2.78 bits per heavy atom. The molecule has 0 bridgehead atoms. The molecule has 102 valence electrons. The third kappa shape index (κ3) is 4.37. The van der Waals surface area contributed by atoms with Gasteiger partial charge in [0, 0.05) is 12.1 Å². The summed E-state index contributed by atoms with van der Waals surface area (Å²) in [6, 6.07) is -0.483. The van der Waals surface area contributed by atoms with E-state index in [0.29, 0.717) is 6.54 Å². The number of aliphatic hydroxyl groups is 1. The van der Waals surface area contributed by atoms with Gasteiger partial charge in [0.05, 0.1) is 18.3 Å². The highest BCUT2D eigenvalue weighted by atomic mass is 16.5. The van der Waals surface area contributed by atoms with Gasteiger partial charge in [-0.2, -0.15) is 0 Å². The molecule has 0 fully saturated rings. The van der Waals surface area contributed by atoms with Gasteiger partial charge in [0.15, 0.2) is 0 Å². The first kappa shape index (κ1) is 14.5. The zero-order valence-corrected chi connectivity index (χ0v) is 11.1. The Bertz CT molecular complexity index is 370. The highest BCUT2D eigenvalue weighted by Gasteiger charge is 2.09. The average molecular weight is 255 g/mol. The summed E-state index contributed by atoms with van der Waals surface area (Å²) in [6.45, 7) is 6.05. The summed E-state index contributed by atoms with van der Waals surface area (Å²) < 4.78 is 5.06. The zero-order chi connectivity index (χ0) is 13.5. The number of carbonyl (C=O) groups excluding carboxylic acids is 1. The number of nitrogens with zero attached hydrogens (tertiary/aromatic N) is 1. The van der Waals surface area contributed by atoms with E-state index in [1.165, 1.54) is 0 Å². The predicted molar refractivity (Wildman–Crippen MR) is 67.4 cm³/mol. The van der Waals surface area contributed by atoms with E-state index >= 15 is 0 Å². The van der Waals surface area contributed by atoms with Crippen LogP contribution in [0.5, 0.6) is 0 Å². The summed E-state index contributed by atoms with van der Waals surface area (Å²) in [7, 11) is 0. The number of nitrogens with one attached hydrogen (secondary N) is 2. The molecule has 0 saturated carbocycles. The molecule has 18 heavy (non-hydrogen) atoms. The van der Waals surface area contributed by atoms with E-state index in [2.05, 4.69) is 15.8 Å². The van der Waals surface area contributed by atoms with Crippen molar-refractivity contribution in [3.63, 3.8) is 0 Å². The van der Waals surface area contributed by atoms with Crippen LogP contribution < -0.4 is 10.6 Å². The van der Waals surface area contributed by atoms with E-state index in [0.717, 1.165) is 29.9 Å². The molecule has 0 radical (unpaired) electrons. The molecule has 0 unspecified atom stereocenters. The summed E-state index contributed by atoms with van der Waals surface area (Å²) in [5, 5.41) is 18.0. The third-order valence-corrected chi connectivity index (χ3v) is 2.72. The molecule has 0 aliphatic carbocycles. The molecule has 1 aromatic rings. The molecule has 1 atom stereocenters. The fraction of sp³-hybridized carbons (Fsp3) is 0.667. The third-order valence-electron chi connectivity index (χ3n) is 2.72. The van der Waals surface area contributed by atoms with Crippen LogP contribution in [0.15, 0.2) is 4.52 Å². The van der Waals surface area contributed by atoms with Crippen LogP contribution in [0.3, 0.4) is 0 Å². The number of hydrogen-bond acceptors (Lipinski definition) is 4. The number of aryl methyl sites for hydroxylation is 2. The van der Waals surface area contributed by atoms with Crippen molar-refractivity contribution < 1.29 is 14.4 Å². The minimum atomic E-state index is -0.254. The maximum Gasteiger partial charge on any atom is 0.315 e. The molecule has 2 amide bonds. The summed E-state index contributed by atoms with van der Waals surface area (Å²) in [5.41, 5.74) is 2.02. The quantitative estimate of drug-likeness (QED) is 0.659. The monoisotopic (exact) mass is 255 g/mol. The van der Waals surface area contributed by atoms with E-state index in [9.17, 15) is 4.79 Å². The molecule has 0 aliphatic heterocycles. The largest absolute Gasteiger partial charge is 0.394 e. The van der Waals surface area contributed by atoms with Crippen molar-refractivity contribution >= 4 is 6.03 Å². The lowest BCUT2D eigenvalue weighted by atomic mass is 10.1. The van der Waals surface area contributed by atoms with Gasteiger partial charge in [-0.25, -0.2) is 4.79 Å². The lowest BCUT2D eigenvalue weighted by Gasteiger charge is -2.11. The molecule has 0 aliphatic rings. The molecule has 0 aromatic carbocycles. The topological polar surface area (TPSA) is 87.4 Å². The van der Waals surface area contributed by atoms with Gasteiger partial charge in [0.25, 0.3) is 0 Å². The van der Waals surface area contributed by atoms with Crippen molar-refractivity contribution in [3.05, 3.63) is 17.0 Å². The molecular weight excluding hydrogens is 234 g/mol. The Labute approximate surface area is 107 Å². The first-order valence-electron chi connectivity index (χ1n) is 6.11. The summed E-state index contributed by atoms with van der Waals surface area (Å²) >= 11 is 0. The van der Waals surface area contributed by atoms with Gasteiger partial charge in [-0.3, -0.25) is 0 Å². The van der Waals surface area contributed by atoms with Crippen molar-refractivity contribution in [2.45, 2.75) is 39.7 Å². The lowest BCUT2D eigenvalue weighted by Crippen LogP contribution is -2.42. The fourth-order valence-corrected chi connectivity index (χ4v) is 1.65. The van der Waals surface area contributed by atoms with E-state index in [1.54, 1.807) is 6.92 Å².